The second-order valence-electron chi connectivity index (χ2n) is 4.65. The van der Waals surface area contributed by atoms with Gasteiger partial charge < -0.3 is 15.4 Å². The first-order valence-electron chi connectivity index (χ1n) is 6.36. The smallest absolute Gasteiger partial charge is 0.250 e. The Balaban J connectivity index is 1.96. The number of carbonyl (C=O) groups excluding carboxylic acids is 1. The van der Waals surface area contributed by atoms with E-state index in [0.29, 0.717) is 13.2 Å². The largest absolute Gasteiger partial charge is 0.366 e. The second-order valence-corrected chi connectivity index (χ2v) is 4.65. The molecule has 1 aromatic rings. The first-order valence-corrected chi connectivity index (χ1v) is 6.36. The number of rotatable bonds is 3. The summed E-state index contributed by atoms with van der Waals surface area (Å²) in [5, 5.41) is 6.16. The van der Waals surface area contributed by atoms with Crippen molar-refractivity contribution in [3.05, 3.63) is 35.4 Å². The van der Waals surface area contributed by atoms with E-state index in [-0.39, 0.29) is 18.1 Å². The first kappa shape index (κ1) is 13.1. The maximum absolute atomic E-state index is 12.0. The summed E-state index contributed by atoms with van der Waals surface area (Å²) in [6, 6.07) is 8.09. The molecule has 0 aliphatic carbocycles. The fourth-order valence-electron chi connectivity index (χ4n) is 2.19. The van der Waals surface area contributed by atoms with Gasteiger partial charge in [0.1, 0.15) is 6.10 Å². The predicted molar refractivity (Wildman–Crippen MR) is 70.3 cm³/mol. The van der Waals surface area contributed by atoms with E-state index in [4.69, 9.17) is 4.74 Å². The van der Waals surface area contributed by atoms with Gasteiger partial charge in [0, 0.05) is 13.1 Å². The number of carbonyl (C=O) groups is 1. The van der Waals surface area contributed by atoms with Crippen molar-refractivity contribution in [1.82, 2.24) is 10.6 Å². The lowest BCUT2D eigenvalue weighted by Gasteiger charge is -2.25. The molecule has 2 N–H and O–H groups in total. The molecule has 1 amide bonds. The first-order chi connectivity index (χ1) is 8.68. The zero-order valence-electron chi connectivity index (χ0n) is 10.9. The van der Waals surface area contributed by atoms with Crippen molar-refractivity contribution in [2.24, 2.45) is 0 Å². The summed E-state index contributed by atoms with van der Waals surface area (Å²) in [5.41, 5.74) is 2.34. The minimum Gasteiger partial charge on any atom is -0.366 e. The van der Waals surface area contributed by atoms with Gasteiger partial charge in [0.2, 0.25) is 0 Å². The van der Waals surface area contributed by atoms with E-state index in [1.807, 2.05) is 25.1 Å². The van der Waals surface area contributed by atoms with E-state index in [2.05, 4.69) is 23.6 Å². The number of hydrogen-bond donors (Lipinski definition) is 2. The van der Waals surface area contributed by atoms with Crippen LogP contribution in [0.5, 0.6) is 0 Å². The van der Waals surface area contributed by atoms with Gasteiger partial charge in [0.15, 0.2) is 0 Å². The predicted octanol–water partition coefficient (Wildman–Crippen LogP) is 1.16. The average molecular weight is 248 g/mol. The molecule has 0 bridgehead atoms. The molecule has 1 fully saturated rings. The van der Waals surface area contributed by atoms with Crippen LogP contribution in [0.2, 0.25) is 0 Å². The van der Waals surface area contributed by atoms with Gasteiger partial charge in [-0.15, -0.1) is 0 Å². The Morgan fingerprint density at radius 2 is 2.28 bits per heavy atom. The van der Waals surface area contributed by atoms with Crippen LogP contribution in [0.25, 0.3) is 0 Å². The molecule has 2 unspecified atom stereocenters. The Bertz CT molecular complexity index is 414. The third-order valence-corrected chi connectivity index (χ3v) is 3.23. The molecule has 1 heterocycles. The van der Waals surface area contributed by atoms with Crippen LogP contribution >= 0.6 is 0 Å². The van der Waals surface area contributed by atoms with E-state index >= 15 is 0 Å². The topological polar surface area (TPSA) is 50.4 Å². The molecule has 2 rings (SSSR count). The molecule has 0 aromatic heterocycles. The number of hydrogen-bond acceptors (Lipinski definition) is 3. The molecule has 18 heavy (non-hydrogen) atoms. The Labute approximate surface area is 108 Å². The van der Waals surface area contributed by atoms with E-state index < -0.39 is 0 Å². The van der Waals surface area contributed by atoms with Crippen LogP contribution in [0.15, 0.2) is 24.3 Å². The lowest BCUT2D eigenvalue weighted by atomic mass is 10.0. The number of aryl methyl sites for hydroxylation is 1. The lowest BCUT2D eigenvalue weighted by molar-refractivity contribution is -0.134. The van der Waals surface area contributed by atoms with Crippen molar-refractivity contribution in [2.45, 2.75) is 26.0 Å². The molecule has 0 spiro atoms. The number of nitrogens with one attached hydrogen (secondary N) is 2. The molecule has 0 saturated carbocycles. The summed E-state index contributed by atoms with van der Waals surface area (Å²) >= 11 is 0. The maximum Gasteiger partial charge on any atom is 0.250 e. The molecule has 1 aliphatic rings. The van der Waals surface area contributed by atoms with Crippen LogP contribution in [-0.2, 0) is 9.53 Å². The Kier molecular flexibility index (Phi) is 4.33. The fraction of sp³-hybridized carbons (Fsp3) is 0.500. The standard InChI is InChI=1S/C14H20N2O2/c1-10-5-3-4-6-12(10)11(2)16-14(17)13-9-15-7-8-18-13/h3-6,11,13,15H,7-9H2,1-2H3,(H,16,17). The van der Waals surface area contributed by atoms with Gasteiger partial charge in [-0.2, -0.15) is 0 Å². The van der Waals surface area contributed by atoms with Crippen LogP contribution in [0.1, 0.15) is 24.1 Å². The van der Waals surface area contributed by atoms with Crippen molar-refractivity contribution in [3.63, 3.8) is 0 Å². The number of morpholine rings is 1. The highest BCUT2D eigenvalue weighted by Gasteiger charge is 2.23. The molecule has 1 saturated heterocycles. The van der Waals surface area contributed by atoms with Crippen LogP contribution < -0.4 is 10.6 Å². The van der Waals surface area contributed by atoms with Crippen LogP contribution in [0.3, 0.4) is 0 Å². The highest BCUT2D eigenvalue weighted by Crippen LogP contribution is 2.16. The summed E-state index contributed by atoms with van der Waals surface area (Å²) in [6.07, 6.45) is -0.370. The maximum atomic E-state index is 12.0. The van der Waals surface area contributed by atoms with Gasteiger partial charge >= 0.3 is 0 Å². The third kappa shape index (κ3) is 3.09. The van der Waals surface area contributed by atoms with Crippen molar-refractivity contribution < 1.29 is 9.53 Å². The quantitative estimate of drug-likeness (QED) is 0.844. The van der Waals surface area contributed by atoms with Gasteiger partial charge in [-0.25, -0.2) is 0 Å². The Morgan fingerprint density at radius 3 is 2.94 bits per heavy atom. The fourth-order valence-corrected chi connectivity index (χ4v) is 2.19. The van der Waals surface area contributed by atoms with Crippen LogP contribution in [-0.4, -0.2) is 31.7 Å². The van der Waals surface area contributed by atoms with Gasteiger partial charge in [-0.1, -0.05) is 24.3 Å². The van der Waals surface area contributed by atoms with E-state index in [1.54, 1.807) is 0 Å². The van der Waals surface area contributed by atoms with E-state index in [9.17, 15) is 4.79 Å². The highest BCUT2D eigenvalue weighted by molar-refractivity contribution is 5.81. The van der Waals surface area contributed by atoms with Crippen molar-refractivity contribution in [3.8, 4) is 0 Å². The second kappa shape index (κ2) is 5.98. The molecule has 2 atom stereocenters. The van der Waals surface area contributed by atoms with Gasteiger partial charge in [-0.05, 0) is 25.0 Å². The molecule has 1 aromatic carbocycles. The average Bonchev–Trinajstić information content (AvgIpc) is 2.40. The Morgan fingerprint density at radius 1 is 1.50 bits per heavy atom. The zero-order valence-corrected chi connectivity index (χ0v) is 10.9. The molecule has 1 aliphatic heterocycles. The molecule has 4 nitrogen and oxygen atoms in total. The van der Waals surface area contributed by atoms with Crippen LogP contribution in [0, 0.1) is 6.92 Å². The van der Waals surface area contributed by atoms with Gasteiger partial charge in [-0.3, -0.25) is 4.79 Å². The van der Waals surface area contributed by atoms with Crippen LogP contribution in [0.4, 0.5) is 0 Å². The van der Waals surface area contributed by atoms with E-state index in [0.717, 1.165) is 12.1 Å². The summed E-state index contributed by atoms with van der Waals surface area (Å²) in [5.74, 6) is -0.0436. The van der Waals surface area contributed by atoms with Crippen molar-refractivity contribution in [2.75, 3.05) is 19.7 Å². The molecular weight excluding hydrogens is 228 g/mol. The third-order valence-electron chi connectivity index (χ3n) is 3.23. The summed E-state index contributed by atoms with van der Waals surface area (Å²) < 4.78 is 5.43. The monoisotopic (exact) mass is 248 g/mol. The zero-order chi connectivity index (χ0) is 13.0. The summed E-state index contributed by atoms with van der Waals surface area (Å²) in [4.78, 5) is 12.0. The molecule has 0 radical (unpaired) electrons. The molecule has 98 valence electrons. The molecular formula is C14H20N2O2. The summed E-state index contributed by atoms with van der Waals surface area (Å²) in [7, 11) is 0. The van der Waals surface area contributed by atoms with E-state index in [1.165, 1.54) is 5.56 Å². The van der Waals surface area contributed by atoms with Gasteiger partial charge in [0.05, 0.1) is 12.6 Å². The highest BCUT2D eigenvalue weighted by atomic mass is 16.5. The summed E-state index contributed by atoms with van der Waals surface area (Å²) in [6.45, 7) is 6.05. The molecule has 4 heteroatoms. The number of ether oxygens (including phenoxy) is 1. The SMILES string of the molecule is Cc1ccccc1C(C)NC(=O)C1CNCCO1. The number of amides is 1. The Hall–Kier alpha value is -1.39. The van der Waals surface area contributed by atoms with Gasteiger partial charge in [0.25, 0.3) is 5.91 Å². The minimum atomic E-state index is -0.370. The van der Waals surface area contributed by atoms with Crippen molar-refractivity contribution in [1.29, 1.82) is 0 Å². The van der Waals surface area contributed by atoms with Crippen molar-refractivity contribution >= 4 is 5.91 Å². The lowest BCUT2D eigenvalue weighted by Crippen LogP contribution is -2.48. The normalized spacial score (nSPS) is 21.3. The minimum absolute atomic E-state index is 0.00391. The number of benzene rings is 1.